The molecule has 0 atom stereocenters. The lowest BCUT2D eigenvalue weighted by atomic mass is 10.1. The maximum absolute atomic E-state index is 13.1. The minimum atomic E-state index is -0.343. The first-order chi connectivity index (χ1) is 15.2. The first-order valence-corrected chi connectivity index (χ1v) is 10.5. The van der Waals surface area contributed by atoms with E-state index in [0.29, 0.717) is 29.2 Å². The Bertz CT molecular complexity index is 1030. The average molecular weight is 415 g/mol. The highest BCUT2D eigenvalue weighted by molar-refractivity contribution is 6.08. The Labute approximate surface area is 181 Å². The van der Waals surface area contributed by atoms with Crippen LogP contribution >= 0.6 is 0 Å². The van der Waals surface area contributed by atoms with Gasteiger partial charge in [0.2, 0.25) is 0 Å². The Morgan fingerprint density at radius 3 is 2.52 bits per heavy atom. The Morgan fingerprint density at radius 2 is 1.77 bits per heavy atom. The van der Waals surface area contributed by atoms with E-state index in [2.05, 4.69) is 10.3 Å². The zero-order chi connectivity index (χ0) is 21.5. The lowest BCUT2D eigenvalue weighted by Crippen LogP contribution is -2.35. The summed E-state index contributed by atoms with van der Waals surface area (Å²) in [5, 5.41) is 2.84. The van der Waals surface area contributed by atoms with Crippen molar-refractivity contribution in [2.75, 3.05) is 18.4 Å². The minimum Gasteiger partial charge on any atom is -0.488 e. The van der Waals surface area contributed by atoms with E-state index in [9.17, 15) is 9.59 Å². The van der Waals surface area contributed by atoms with E-state index < -0.39 is 0 Å². The lowest BCUT2D eigenvalue weighted by Gasteiger charge is -2.27. The molecule has 2 heterocycles. The predicted octanol–water partition coefficient (Wildman–Crippen LogP) is 4.54. The zero-order valence-electron chi connectivity index (χ0n) is 17.3. The van der Waals surface area contributed by atoms with Crippen molar-refractivity contribution < 1.29 is 14.3 Å². The summed E-state index contributed by atoms with van der Waals surface area (Å²) in [7, 11) is 0. The number of rotatable bonds is 6. The van der Waals surface area contributed by atoms with Gasteiger partial charge in [-0.05, 0) is 55.2 Å². The molecule has 1 aliphatic rings. The number of ether oxygens (including phenoxy) is 1. The Morgan fingerprint density at radius 1 is 0.968 bits per heavy atom. The third kappa shape index (κ3) is 5.28. The summed E-state index contributed by atoms with van der Waals surface area (Å²) in [6.07, 6.45) is 6.39. The van der Waals surface area contributed by atoms with Crippen molar-refractivity contribution in [2.45, 2.75) is 25.9 Å². The molecule has 2 amide bonds. The number of nitrogens with zero attached hydrogens (tertiary/aromatic N) is 2. The summed E-state index contributed by atoms with van der Waals surface area (Å²) in [6.45, 7) is 1.83. The highest BCUT2D eigenvalue weighted by Gasteiger charge is 2.21. The number of benzene rings is 2. The lowest BCUT2D eigenvalue weighted by molar-refractivity contribution is 0.0724. The minimum absolute atomic E-state index is 0.0512. The number of carbonyl (C=O) groups excluding carboxylic acids is 2. The molecular formula is C25H25N3O3. The number of hydrogen-bond donors (Lipinski definition) is 1. The number of nitrogens with one attached hydrogen (secondary N) is 1. The fourth-order valence-corrected chi connectivity index (χ4v) is 3.62. The average Bonchev–Trinajstić information content (AvgIpc) is 2.84. The fourth-order valence-electron chi connectivity index (χ4n) is 3.62. The molecule has 2 aromatic carbocycles. The normalized spacial score (nSPS) is 13.5. The molecule has 0 unspecified atom stereocenters. The van der Waals surface area contributed by atoms with Gasteiger partial charge in [0.25, 0.3) is 11.8 Å². The molecule has 0 radical (unpaired) electrons. The van der Waals surface area contributed by atoms with Gasteiger partial charge in [-0.15, -0.1) is 0 Å². The van der Waals surface area contributed by atoms with Crippen molar-refractivity contribution in [3.63, 3.8) is 0 Å². The molecule has 1 N–H and O–H groups in total. The molecule has 0 spiro atoms. The molecule has 1 fully saturated rings. The van der Waals surface area contributed by atoms with Crippen LogP contribution in [0.5, 0.6) is 5.75 Å². The monoisotopic (exact) mass is 415 g/mol. The predicted molar refractivity (Wildman–Crippen MR) is 119 cm³/mol. The second kappa shape index (κ2) is 9.89. The number of aromatic nitrogens is 1. The topological polar surface area (TPSA) is 71.5 Å². The van der Waals surface area contributed by atoms with Crippen LogP contribution in [-0.2, 0) is 6.61 Å². The van der Waals surface area contributed by atoms with Gasteiger partial charge >= 0.3 is 0 Å². The van der Waals surface area contributed by atoms with Crippen molar-refractivity contribution in [1.29, 1.82) is 0 Å². The van der Waals surface area contributed by atoms with Crippen LogP contribution in [0.15, 0.2) is 73.1 Å². The quantitative estimate of drug-likeness (QED) is 0.642. The van der Waals surface area contributed by atoms with Crippen LogP contribution < -0.4 is 10.1 Å². The van der Waals surface area contributed by atoms with Crippen LogP contribution in [0.1, 0.15) is 45.5 Å². The number of piperidine rings is 1. The van der Waals surface area contributed by atoms with E-state index in [1.807, 2.05) is 35.2 Å². The molecule has 4 rings (SSSR count). The summed E-state index contributed by atoms with van der Waals surface area (Å²) in [5.41, 5.74) is 2.39. The Hall–Kier alpha value is -3.67. The van der Waals surface area contributed by atoms with Gasteiger partial charge in [-0.2, -0.15) is 0 Å². The highest BCUT2D eigenvalue weighted by Crippen LogP contribution is 2.24. The smallest absolute Gasteiger partial charge is 0.259 e. The fraction of sp³-hybridized carbons (Fsp3) is 0.240. The zero-order valence-corrected chi connectivity index (χ0v) is 17.3. The number of hydrogen-bond acceptors (Lipinski definition) is 4. The molecule has 1 aromatic heterocycles. The number of amides is 2. The van der Waals surface area contributed by atoms with E-state index in [-0.39, 0.29) is 11.8 Å². The SMILES string of the molecule is O=C(Nc1cccnc1)c1cc(C(=O)N2CCCCC2)ccc1OCc1ccccc1. The molecule has 3 aromatic rings. The maximum atomic E-state index is 13.1. The van der Waals surface area contributed by atoms with E-state index in [4.69, 9.17) is 4.74 Å². The third-order valence-corrected chi connectivity index (χ3v) is 5.27. The van der Waals surface area contributed by atoms with Gasteiger partial charge in [-0.1, -0.05) is 30.3 Å². The van der Waals surface area contributed by atoms with Crippen molar-refractivity contribution >= 4 is 17.5 Å². The Balaban J connectivity index is 1.59. The van der Waals surface area contributed by atoms with E-state index in [1.165, 1.54) is 0 Å². The molecule has 1 saturated heterocycles. The molecule has 0 bridgehead atoms. The van der Waals surface area contributed by atoms with Crippen molar-refractivity contribution in [2.24, 2.45) is 0 Å². The summed E-state index contributed by atoms with van der Waals surface area (Å²) in [5.74, 6) is 0.0366. The van der Waals surface area contributed by atoms with Gasteiger partial charge in [-0.3, -0.25) is 14.6 Å². The van der Waals surface area contributed by atoms with Crippen LogP contribution in [0.2, 0.25) is 0 Å². The van der Waals surface area contributed by atoms with Gasteiger partial charge in [-0.25, -0.2) is 0 Å². The second-order valence-corrected chi connectivity index (χ2v) is 7.53. The number of likely N-dealkylation sites (tertiary alicyclic amines) is 1. The van der Waals surface area contributed by atoms with E-state index in [0.717, 1.165) is 37.9 Å². The highest BCUT2D eigenvalue weighted by atomic mass is 16.5. The number of carbonyl (C=O) groups is 2. The number of pyridine rings is 1. The van der Waals surface area contributed by atoms with Gasteiger partial charge in [0.05, 0.1) is 17.4 Å². The van der Waals surface area contributed by atoms with Crippen molar-refractivity contribution in [3.8, 4) is 5.75 Å². The van der Waals surface area contributed by atoms with E-state index in [1.54, 1.807) is 42.7 Å². The number of anilines is 1. The van der Waals surface area contributed by atoms with Crippen molar-refractivity contribution in [1.82, 2.24) is 9.88 Å². The first-order valence-electron chi connectivity index (χ1n) is 10.5. The van der Waals surface area contributed by atoms with Crippen LogP contribution in [0.4, 0.5) is 5.69 Å². The van der Waals surface area contributed by atoms with Crippen LogP contribution in [-0.4, -0.2) is 34.8 Å². The van der Waals surface area contributed by atoms with Crippen LogP contribution in [0.3, 0.4) is 0 Å². The maximum Gasteiger partial charge on any atom is 0.259 e. The molecular weight excluding hydrogens is 390 g/mol. The molecule has 31 heavy (non-hydrogen) atoms. The van der Waals surface area contributed by atoms with E-state index >= 15 is 0 Å². The van der Waals surface area contributed by atoms with Gasteiger partial charge in [0.1, 0.15) is 12.4 Å². The van der Waals surface area contributed by atoms with Crippen LogP contribution in [0.25, 0.3) is 0 Å². The Kier molecular flexibility index (Phi) is 6.57. The largest absolute Gasteiger partial charge is 0.488 e. The van der Waals surface area contributed by atoms with Gasteiger partial charge < -0.3 is 15.0 Å². The summed E-state index contributed by atoms with van der Waals surface area (Å²) in [4.78, 5) is 31.9. The van der Waals surface area contributed by atoms with Gasteiger partial charge in [0, 0.05) is 24.8 Å². The first kappa shape index (κ1) is 20.6. The van der Waals surface area contributed by atoms with Crippen molar-refractivity contribution in [3.05, 3.63) is 89.7 Å². The van der Waals surface area contributed by atoms with Gasteiger partial charge in [0.15, 0.2) is 0 Å². The molecule has 158 valence electrons. The van der Waals surface area contributed by atoms with Crippen LogP contribution in [0, 0.1) is 0 Å². The third-order valence-electron chi connectivity index (χ3n) is 5.27. The molecule has 1 aliphatic heterocycles. The summed E-state index contributed by atoms with van der Waals surface area (Å²) in [6, 6.07) is 18.3. The summed E-state index contributed by atoms with van der Waals surface area (Å²) < 4.78 is 5.96. The standard InChI is InChI=1S/C25H25N3O3/c29-24(27-21-10-7-13-26-17-21)22-16-20(25(30)28-14-5-2-6-15-28)11-12-23(22)31-18-19-8-3-1-4-9-19/h1,3-4,7-13,16-17H,2,5-6,14-15,18H2,(H,27,29). The second-order valence-electron chi connectivity index (χ2n) is 7.53. The molecule has 0 saturated carbocycles. The summed E-state index contributed by atoms with van der Waals surface area (Å²) >= 11 is 0. The molecule has 6 nitrogen and oxygen atoms in total. The molecule has 0 aliphatic carbocycles. The molecule has 6 heteroatoms.